The average Bonchev–Trinajstić information content (AvgIpc) is 2.31. The maximum atomic E-state index is 13.8. The number of halogens is 1. The molecule has 0 saturated heterocycles. The van der Waals surface area contributed by atoms with Crippen molar-refractivity contribution in [2.24, 2.45) is 5.14 Å². The fourth-order valence-corrected chi connectivity index (χ4v) is 2.68. The molecule has 0 atom stereocenters. The van der Waals surface area contributed by atoms with Crippen LogP contribution in [0.5, 0.6) is 0 Å². The number of benzene rings is 1. The van der Waals surface area contributed by atoms with E-state index >= 15 is 0 Å². The summed E-state index contributed by atoms with van der Waals surface area (Å²) in [6, 6.07) is 2.28. The largest absolute Gasteiger partial charge is 0.337 e. The van der Waals surface area contributed by atoms with Crippen LogP contribution >= 0.6 is 0 Å². The molecular weight excluding hydrogens is 283 g/mol. The van der Waals surface area contributed by atoms with Crippen molar-refractivity contribution >= 4 is 15.9 Å². The Labute approximate surface area is 118 Å². The number of carbonyl (C=O) groups excluding carboxylic acids is 1. The molecule has 0 aliphatic carbocycles. The average molecular weight is 302 g/mol. The number of hydrogen-bond acceptors (Lipinski definition) is 3. The lowest BCUT2D eigenvalue weighted by molar-refractivity contribution is 0.0716. The van der Waals surface area contributed by atoms with Gasteiger partial charge in [-0.25, -0.2) is 17.9 Å². The summed E-state index contributed by atoms with van der Waals surface area (Å²) >= 11 is 0. The number of hydrogen-bond donors (Lipinski definition) is 1. The molecule has 20 heavy (non-hydrogen) atoms. The number of nitrogens with two attached hydrogens (primary N) is 1. The van der Waals surface area contributed by atoms with Crippen LogP contribution in [0.25, 0.3) is 0 Å². The quantitative estimate of drug-likeness (QED) is 0.918. The Kier molecular flexibility index (Phi) is 4.88. The summed E-state index contributed by atoms with van der Waals surface area (Å²) in [5.41, 5.74) is 0.183. The molecule has 0 aliphatic heterocycles. The second-order valence-corrected chi connectivity index (χ2v) is 6.37. The van der Waals surface area contributed by atoms with E-state index in [9.17, 15) is 17.6 Å². The molecule has 1 amide bonds. The fourth-order valence-electron chi connectivity index (χ4n) is 1.98. The van der Waals surface area contributed by atoms with Crippen LogP contribution in [0.4, 0.5) is 4.39 Å². The van der Waals surface area contributed by atoms with E-state index in [0.717, 1.165) is 6.07 Å². The third kappa shape index (κ3) is 3.34. The highest BCUT2D eigenvalue weighted by Gasteiger charge is 2.23. The predicted molar refractivity (Wildman–Crippen MR) is 74.4 cm³/mol. The number of carbonyl (C=O) groups is 1. The minimum atomic E-state index is -4.21. The van der Waals surface area contributed by atoms with Gasteiger partial charge in [0.25, 0.3) is 5.91 Å². The normalized spacial score (nSPS) is 11.8. The Hall–Kier alpha value is -1.47. The van der Waals surface area contributed by atoms with Gasteiger partial charge in [0.15, 0.2) is 0 Å². The molecule has 1 aromatic carbocycles. The van der Waals surface area contributed by atoms with Crippen molar-refractivity contribution in [1.29, 1.82) is 0 Å². The number of sulfonamides is 1. The molecule has 1 rings (SSSR count). The molecule has 0 fully saturated rings. The van der Waals surface area contributed by atoms with Crippen molar-refractivity contribution in [3.05, 3.63) is 29.1 Å². The van der Waals surface area contributed by atoms with Gasteiger partial charge in [-0.1, -0.05) is 0 Å². The lowest BCUT2D eigenvalue weighted by Gasteiger charge is -2.25. The van der Waals surface area contributed by atoms with Gasteiger partial charge in [0.05, 0.1) is 0 Å². The highest BCUT2D eigenvalue weighted by molar-refractivity contribution is 7.89. The van der Waals surface area contributed by atoms with Crippen LogP contribution in [0.3, 0.4) is 0 Å². The summed E-state index contributed by atoms with van der Waals surface area (Å²) in [7, 11) is -4.21. The van der Waals surface area contributed by atoms with Gasteiger partial charge >= 0.3 is 0 Å². The number of rotatable bonds is 4. The number of amides is 1. The lowest BCUT2D eigenvalue weighted by Crippen LogP contribution is -2.36. The Bertz CT molecular complexity index is 627. The van der Waals surface area contributed by atoms with Crippen LogP contribution < -0.4 is 5.14 Å². The molecule has 0 aliphatic rings. The maximum absolute atomic E-state index is 13.8. The summed E-state index contributed by atoms with van der Waals surface area (Å²) in [6.07, 6.45) is 0. The molecule has 0 radical (unpaired) electrons. The molecule has 0 saturated carbocycles. The van der Waals surface area contributed by atoms with Gasteiger partial charge in [-0.15, -0.1) is 0 Å². The number of aryl methyl sites for hydroxylation is 1. The van der Waals surface area contributed by atoms with Gasteiger partial charge in [-0.2, -0.15) is 0 Å². The molecule has 0 aromatic heterocycles. The first-order chi connectivity index (χ1) is 9.09. The van der Waals surface area contributed by atoms with E-state index in [1.807, 2.05) is 20.8 Å². The Morgan fingerprint density at radius 2 is 1.95 bits per heavy atom. The smallest absolute Gasteiger partial charge is 0.254 e. The molecule has 5 nitrogen and oxygen atoms in total. The van der Waals surface area contributed by atoms with Gasteiger partial charge in [-0.3, -0.25) is 4.79 Å². The number of nitrogens with zero attached hydrogens (tertiary/aromatic N) is 1. The molecule has 0 bridgehead atoms. The molecule has 0 spiro atoms. The molecule has 0 heterocycles. The summed E-state index contributed by atoms with van der Waals surface area (Å²) in [4.78, 5) is 13.2. The lowest BCUT2D eigenvalue weighted by atomic mass is 10.1. The van der Waals surface area contributed by atoms with Crippen molar-refractivity contribution in [3.8, 4) is 0 Å². The van der Waals surface area contributed by atoms with E-state index in [1.54, 1.807) is 4.90 Å². The van der Waals surface area contributed by atoms with Crippen molar-refractivity contribution in [2.75, 3.05) is 6.54 Å². The van der Waals surface area contributed by atoms with Crippen LogP contribution in [-0.4, -0.2) is 31.8 Å². The van der Waals surface area contributed by atoms with Crippen molar-refractivity contribution in [1.82, 2.24) is 4.90 Å². The van der Waals surface area contributed by atoms with Crippen LogP contribution in [0, 0.1) is 12.7 Å². The minimum absolute atomic E-state index is 0.0456. The summed E-state index contributed by atoms with van der Waals surface area (Å²) in [5, 5.41) is 4.97. The summed E-state index contributed by atoms with van der Waals surface area (Å²) < 4.78 is 36.5. The number of primary sulfonamides is 1. The van der Waals surface area contributed by atoms with E-state index in [4.69, 9.17) is 5.14 Å². The van der Waals surface area contributed by atoms with Crippen LogP contribution in [0.15, 0.2) is 17.0 Å². The fraction of sp³-hybridized carbons (Fsp3) is 0.462. The monoisotopic (exact) mass is 302 g/mol. The van der Waals surface area contributed by atoms with E-state index < -0.39 is 20.7 Å². The van der Waals surface area contributed by atoms with Crippen LogP contribution in [0.2, 0.25) is 0 Å². The van der Waals surface area contributed by atoms with Crippen molar-refractivity contribution in [3.63, 3.8) is 0 Å². The SMILES string of the molecule is CCN(C(=O)c1cc(C)c(F)c(S(N)(=O)=O)c1)C(C)C. The zero-order valence-electron chi connectivity index (χ0n) is 12.0. The van der Waals surface area contributed by atoms with Crippen molar-refractivity contribution in [2.45, 2.75) is 38.6 Å². The molecule has 112 valence electrons. The van der Waals surface area contributed by atoms with Gasteiger partial charge in [0, 0.05) is 18.2 Å². The van der Waals surface area contributed by atoms with Crippen LogP contribution in [-0.2, 0) is 10.0 Å². The highest BCUT2D eigenvalue weighted by atomic mass is 32.2. The van der Waals surface area contributed by atoms with Crippen molar-refractivity contribution < 1.29 is 17.6 Å². The minimum Gasteiger partial charge on any atom is -0.337 e. The van der Waals surface area contributed by atoms with Gasteiger partial charge < -0.3 is 4.90 Å². The highest BCUT2D eigenvalue weighted by Crippen LogP contribution is 2.21. The first-order valence-corrected chi connectivity index (χ1v) is 7.78. The van der Waals surface area contributed by atoms with Crippen LogP contribution in [0.1, 0.15) is 36.7 Å². The van der Waals surface area contributed by atoms with E-state index in [0.29, 0.717) is 6.54 Å². The van der Waals surface area contributed by atoms with Gasteiger partial charge in [-0.05, 0) is 45.4 Å². The van der Waals surface area contributed by atoms with E-state index in [2.05, 4.69) is 0 Å². The topological polar surface area (TPSA) is 80.5 Å². The summed E-state index contributed by atoms with van der Waals surface area (Å²) in [6.45, 7) is 7.37. The van der Waals surface area contributed by atoms with E-state index in [-0.39, 0.29) is 23.1 Å². The third-order valence-corrected chi connectivity index (χ3v) is 3.91. The first kappa shape index (κ1) is 16.6. The zero-order valence-corrected chi connectivity index (χ0v) is 12.8. The van der Waals surface area contributed by atoms with Gasteiger partial charge in [0.1, 0.15) is 10.7 Å². The predicted octanol–water partition coefficient (Wildman–Crippen LogP) is 1.65. The molecule has 7 heteroatoms. The molecule has 2 N–H and O–H groups in total. The molecule has 0 unspecified atom stereocenters. The molecular formula is C13H19FN2O3S. The standard InChI is InChI=1S/C13H19FN2O3S/c1-5-16(8(2)3)13(17)10-6-9(4)12(14)11(7-10)20(15,18)19/h6-8H,5H2,1-4H3,(H2,15,18,19). The Morgan fingerprint density at radius 1 is 1.40 bits per heavy atom. The second-order valence-electron chi connectivity index (χ2n) is 4.84. The summed E-state index contributed by atoms with van der Waals surface area (Å²) in [5.74, 6) is -1.27. The first-order valence-electron chi connectivity index (χ1n) is 6.23. The van der Waals surface area contributed by atoms with E-state index in [1.165, 1.54) is 13.0 Å². The Balaban J connectivity index is 3.42. The molecule has 1 aromatic rings. The second kappa shape index (κ2) is 5.88. The zero-order chi connectivity index (χ0) is 15.7. The Morgan fingerprint density at radius 3 is 2.35 bits per heavy atom. The third-order valence-electron chi connectivity index (χ3n) is 3.00. The van der Waals surface area contributed by atoms with Gasteiger partial charge in [0.2, 0.25) is 10.0 Å². The maximum Gasteiger partial charge on any atom is 0.254 e.